The summed E-state index contributed by atoms with van der Waals surface area (Å²) in [5.74, 6) is 0.914. The second-order valence-electron chi connectivity index (χ2n) is 7.50. The van der Waals surface area contributed by atoms with Crippen LogP contribution in [-0.4, -0.2) is 29.2 Å². The van der Waals surface area contributed by atoms with Gasteiger partial charge < -0.3 is 16.0 Å². The van der Waals surface area contributed by atoms with Gasteiger partial charge in [0.1, 0.15) is 0 Å². The van der Waals surface area contributed by atoms with Crippen LogP contribution in [0.4, 0.5) is 17.2 Å². The lowest BCUT2D eigenvalue weighted by atomic mass is 9.97. The van der Waals surface area contributed by atoms with Crippen molar-refractivity contribution in [1.29, 1.82) is 0 Å². The zero-order valence-electron chi connectivity index (χ0n) is 16.0. The molecule has 0 unspecified atom stereocenters. The maximum Gasteiger partial charge on any atom is 0.227 e. The molecule has 6 nitrogen and oxygen atoms in total. The molecule has 4 aromatic rings. The lowest BCUT2D eigenvalue weighted by Crippen LogP contribution is -2.34. The third kappa shape index (κ3) is 3.54. The number of fused-ring (bicyclic) bond motifs is 2. The van der Waals surface area contributed by atoms with Crippen molar-refractivity contribution in [3.63, 3.8) is 0 Å². The highest BCUT2D eigenvalue weighted by atomic mass is 16.1. The summed E-state index contributed by atoms with van der Waals surface area (Å²) >= 11 is 0. The standard InChI is InChI=1S/C23H23N5O/c29-23(16-10-12-24-13-11-16)25-17-8-9-21-19(14-17)22(28-27-21)26-20-7-3-5-15-4-1-2-6-18(15)20/h1-9,14,16,24H,10-13H2,(H,25,29)(H2,26,27,28). The second kappa shape index (κ2) is 7.56. The summed E-state index contributed by atoms with van der Waals surface area (Å²) in [5.41, 5.74) is 2.72. The Hall–Kier alpha value is -3.38. The zero-order valence-corrected chi connectivity index (χ0v) is 16.0. The van der Waals surface area contributed by atoms with Crippen molar-refractivity contribution >= 4 is 44.8 Å². The smallest absolute Gasteiger partial charge is 0.227 e. The van der Waals surface area contributed by atoms with Crippen LogP contribution in [0.1, 0.15) is 12.8 Å². The van der Waals surface area contributed by atoms with Crippen LogP contribution >= 0.6 is 0 Å². The number of nitrogens with zero attached hydrogens (tertiary/aromatic N) is 1. The summed E-state index contributed by atoms with van der Waals surface area (Å²) in [6, 6.07) is 20.3. The summed E-state index contributed by atoms with van der Waals surface area (Å²) < 4.78 is 0. The molecule has 1 aliphatic heterocycles. The van der Waals surface area contributed by atoms with E-state index in [0.717, 1.165) is 59.4 Å². The van der Waals surface area contributed by atoms with Crippen LogP contribution in [-0.2, 0) is 4.79 Å². The van der Waals surface area contributed by atoms with E-state index < -0.39 is 0 Å². The van der Waals surface area contributed by atoms with Crippen LogP contribution in [0.2, 0.25) is 0 Å². The van der Waals surface area contributed by atoms with Gasteiger partial charge in [-0.2, -0.15) is 5.10 Å². The highest BCUT2D eigenvalue weighted by Crippen LogP contribution is 2.30. The number of carbonyl (C=O) groups excluding carboxylic acids is 1. The first-order valence-electron chi connectivity index (χ1n) is 10.0. The van der Waals surface area contributed by atoms with E-state index in [-0.39, 0.29) is 11.8 Å². The van der Waals surface area contributed by atoms with E-state index in [1.54, 1.807) is 0 Å². The molecule has 1 saturated heterocycles. The second-order valence-corrected chi connectivity index (χ2v) is 7.50. The van der Waals surface area contributed by atoms with E-state index in [2.05, 4.69) is 44.3 Å². The molecule has 5 rings (SSSR count). The monoisotopic (exact) mass is 385 g/mol. The molecule has 1 amide bonds. The minimum absolute atomic E-state index is 0.0737. The number of anilines is 3. The number of carbonyl (C=O) groups is 1. The van der Waals surface area contributed by atoms with E-state index in [1.165, 1.54) is 5.39 Å². The number of rotatable bonds is 4. The number of amides is 1. The molecule has 1 fully saturated rings. The topological polar surface area (TPSA) is 81.8 Å². The molecular formula is C23H23N5O. The van der Waals surface area contributed by atoms with Crippen molar-refractivity contribution < 1.29 is 4.79 Å². The summed E-state index contributed by atoms with van der Waals surface area (Å²) in [6.07, 6.45) is 1.77. The molecule has 4 N–H and O–H groups in total. The van der Waals surface area contributed by atoms with Gasteiger partial charge in [-0.15, -0.1) is 0 Å². The van der Waals surface area contributed by atoms with Gasteiger partial charge in [0.05, 0.1) is 5.52 Å². The van der Waals surface area contributed by atoms with E-state index >= 15 is 0 Å². The molecule has 29 heavy (non-hydrogen) atoms. The van der Waals surface area contributed by atoms with Crippen LogP contribution in [0.3, 0.4) is 0 Å². The first-order valence-corrected chi connectivity index (χ1v) is 10.0. The molecular weight excluding hydrogens is 362 g/mol. The Bertz CT molecular complexity index is 1170. The Labute approximate surface area is 168 Å². The molecule has 0 aliphatic carbocycles. The van der Waals surface area contributed by atoms with Gasteiger partial charge in [-0.25, -0.2) is 0 Å². The predicted octanol–water partition coefficient (Wildman–Crippen LogP) is 4.40. The van der Waals surface area contributed by atoms with Gasteiger partial charge in [-0.3, -0.25) is 9.89 Å². The van der Waals surface area contributed by atoms with Crippen LogP contribution in [0.5, 0.6) is 0 Å². The zero-order chi connectivity index (χ0) is 19.6. The Morgan fingerprint density at radius 1 is 0.966 bits per heavy atom. The largest absolute Gasteiger partial charge is 0.338 e. The van der Waals surface area contributed by atoms with Gasteiger partial charge in [-0.1, -0.05) is 36.4 Å². The van der Waals surface area contributed by atoms with E-state index in [1.807, 2.05) is 42.5 Å². The lowest BCUT2D eigenvalue weighted by Gasteiger charge is -2.21. The SMILES string of the molecule is O=C(Nc1ccc2[nH]nc(Nc3cccc4ccccc34)c2c1)C1CCNCC1. The normalized spacial score (nSPS) is 14.9. The molecule has 0 spiro atoms. The van der Waals surface area contributed by atoms with Crippen molar-refractivity contribution in [3.8, 4) is 0 Å². The van der Waals surface area contributed by atoms with Crippen LogP contribution in [0.15, 0.2) is 60.7 Å². The Balaban J connectivity index is 1.43. The summed E-state index contributed by atoms with van der Waals surface area (Å²) in [7, 11) is 0. The third-order valence-corrected chi connectivity index (χ3v) is 5.58. The molecule has 0 bridgehead atoms. The molecule has 146 valence electrons. The third-order valence-electron chi connectivity index (χ3n) is 5.58. The first kappa shape index (κ1) is 17.7. The minimum atomic E-state index is 0.0737. The average Bonchev–Trinajstić information content (AvgIpc) is 3.17. The highest BCUT2D eigenvalue weighted by molar-refractivity contribution is 6.01. The van der Waals surface area contributed by atoms with Crippen molar-refractivity contribution in [3.05, 3.63) is 60.7 Å². The van der Waals surface area contributed by atoms with Gasteiger partial charge in [0.2, 0.25) is 5.91 Å². The average molecular weight is 385 g/mol. The van der Waals surface area contributed by atoms with Crippen molar-refractivity contribution in [2.75, 3.05) is 23.7 Å². The molecule has 0 radical (unpaired) electrons. The van der Waals surface area contributed by atoms with Crippen LogP contribution in [0.25, 0.3) is 21.7 Å². The first-order chi connectivity index (χ1) is 14.3. The molecule has 1 aliphatic rings. The van der Waals surface area contributed by atoms with E-state index in [0.29, 0.717) is 0 Å². The van der Waals surface area contributed by atoms with Crippen LogP contribution < -0.4 is 16.0 Å². The number of aromatic nitrogens is 2. The number of H-pyrrole nitrogens is 1. The number of hydrogen-bond donors (Lipinski definition) is 4. The van der Waals surface area contributed by atoms with E-state index in [4.69, 9.17) is 0 Å². The van der Waals surface area contributed by atoms with E-state index in [9.17, 15) is 4.79 Å². The van der Waals surface area contributed by atoms with Crippen molar-refractivity contribution in [2.45, 2.75) is 12.8 Å². The quantitative estimate of drug-likeness (QED) is 0.420. The fourth-order valence-corrected chi connectivity index (χ4v) is 3.98. The summed E-state index contributed by atoms with van der Waals surface area (Å²) in [5, 5.41) is 20.6. The van der Waals surface area contributed by atoms with Gasteiger partial charge in [0.25, 0.3) is 0 Å². The minimum Gasteiger partial charge on any atom is -0.338 e. The number of nitrogens with one attached hydrogen (secondary N) is 4. The molecule has 2 heterocycles. The van der Waals surface area contributed by atoms with Gasteiger partial charge in [0.15, 0.2) is 5.82 Å². The Morgan fingerprint density at radius 2 is 1.79 bits per heavy atom. The fourth-order valence-electron chi connectivity index (χ4n) is 3.98. The van der Waals surface area contributed by atoms with Crippen molar-refractivity contribution in [1.82, 2.24) is 15.5 Å². The maximum absolute atomic E-state index is 12.6. The summed E-state index contributed by atoms with van der Waals surface area (Å²) in [4.78, 5) is 12.6. The lowest BCUT2D eigenvalue weighted by molar-refractivity contribution is -0.120. The predicted molar refractivity (Wildman–Crippen MR) is 118 cm³/mol. The summed E-state index contributed by atoms with van der Waals surface area (Å²) in [6.45, 7) is 1.80. The molecule has 3 aromatic carbocycles. The number of hydrogen-bond acceptors (Lipinski definition) is 4. The molecule has 0 atom stereocenters. The van der Waals surface area contributed by atoms with Gasteiger partial charge in [-0.05, 0) is 55.6 Å². The molecule has 6 heteroatoms. The van der Waals surface area contributed by atoms with Crippen molar-refractivity contribution in [2.24, 2.45) is 5.92 Å². The molecule has 0 saturated carbocycles. The highest BCUT2D eigenvalue weighted by Gasteiger charge is 2.21. The Morgan fingerprint density at radius 3 is 2.69 bits per heavy atom. The fraction of sp³-hybridized carbons (Fsp3) is 0.217. The Kier molecular flexibility index (Phi) is 4.62. The molecule has 1 aromatic heterocycles. The number of piperidine rings is 1. The number of aromatic amines is 1. The van der Waals surface area contributed by atoms with Gasteiger partial charge in [0, 0.05) is 28.1 Å². The van der Waals surface area contributed by atoms with Crippen LogP contribution in [0, 0.1) is 5.92 Å². The number of benzene rings is 3. The van der Waals surface area contributed by atoms with Gasteiger partial charge >= 0.3 is 0 Å². The maximum atomic E-state index is 12.6.